The highest BCUT2D eigenvalue weighted by molar-refractivity contribution is 7.99. The molecular formula is C14H25N5OS. The number of rotatable bonds is 6. The van der Waals surface area contributed by atoms with Gasteiger partial charge in [-0.3, -0.25) is 4.68 Å². The highest BCUT2D eigenvalue weighted by Crippen LogP contribution is 2.28. The lowest BCUT2D eigenvalue weighted by Crippen LogP contribution is -2.50. The first-order chi connectivity index (χ1) is 10.2. The molecule has 3 unspecified atom stereocenters. The largest absolute Gasteiger partial charge is 0.334 e. The van der Waals surface area contributed by atoms with E-state index in [2.05, 4.69) is 27.6 Å². The average molecular weight is 311 g/mol. The molecule has 0 aromatic carbocycles. The Labute approximate surface area is 130 Å². The molecule has 1 saturated carbocycles. The van der Waals surface area contributed by atoms with Gasteiger partial charge in [-0.05, 0) is 25.5 Å². The number of carbonyl (C=O) groups is 1. The van der Waals surface area contributed by atoms with Gasteiger partial charge in [-0.15, -0.1) is 0 Å². The summed E-state index contributed by atoms with van der Waals surface area (Å²) < 4.78 is 1.72. The number of thioether (sulfide) groups is 1. The van der Waals surface area contributed by atoms with E-state index in [4.69, 9.17) is 0 Å². The molecular weight excluding hydrogens is 286 g/mol. The van der Waals surface area contributed by atoms with E-state index in [1.807, 2.05) is 18.7 Å². The second-order valence-corrected chi connectivity index (χ2v) is 7.04. The predicted octanol–water partition coefficient (Wildman–Crippen LogP) is 2.03. The standard InChI is InChI=1S/C14H25N5OS/c1-3-21-13-7-5-4-6-12(13)18-14(20)17-11(2)8-19-10-15-9-16-19/h9-13H,3-8H2,1-2H3,(H2,17,18,20). The summed E-state index contributed by atoms with van der Waals surface area (Å²) in [5, 5.41) is 10.7. The van der Waals surface area contributed by atoms with Crippen molar-refractivity contribution in [2.24, 2.45) is 0 Å². The fourth-order valence-electron chi connectivity index (χ4n) is 2.76. The number of urea groups is 1. The Hall–Kier alpha value is -1.24. The lowest BCUT2D eigenvalue weighted by molar-refractivity contribution is 0.228. The molecule has 7 heteroatoms. The molecule has 2 rings (SSSR count). The van der Waals surface area contributed by atoms with Crippen molar-refractivity contribution in [3.8, 4) is 0 Å². The van der Waals surface area contributed by atoms with Gasteiger partial charge in [-0.25, -0.2) is 9.78 Å². The number of nitrogens with zero attached hydrogens (tertiary/aromatic N) is 3. The SMILES string of the molecule is CCSC1CCCCC1NC(=O)NC(C)Cn1cncn1. The van der Waals surface area contributed by atoms with E-state index in [1.54, 1.807) is 11.0 Å². The van der Waals surface area contributed by atoms with E-state index >= 15 is 0 Å². The van der Waals surface area contributed by atoms with E-state index in [0.717, 1.165) is 12.2 Å². The van der Waals surface area contributed by atoms with Gasteiger partial charge in [0, 0.05) is 17.3 Å². The minimum Gasteiger partial charge on any atom is -0.334 e. The molecule has 0 radical (unpaired) electrons. The third-order valence-electron chi connectivity index (χ3n) is 3.70. The maximum absolute atomic E-state index is 12.1. The van der Waals surface area contributed by atoms with Crippen molar-refractivity contribution >= 4 is 17.8 Å². The van der Waals surface area contributed by atoms with Crippen molar-refractivity contribution in [1.29, 1.82) is 0 Å². The van der Waals surface area contributed by atoms with Crippen LogP contribution < -0.4 is 10.6 Å². The number of aromatic nitrogens is 3. The van der Waals surface area contributed by atoms with E-state index < -0.39 is 0 Å². The van der Waals surface area contributed by atoms with Crippen LogP contribution in [0.3, 0.4) is 0 Å². The quantitative estimate of drug-likeness (QED) is 0.843. The number of nitrogens with one attached hydrogen (secondary N) is 2. The van der Waals surface area contributed by atoms with Crippen molar-refractivity contribution in [3.63, 3.8) is 0 Å². The maximum atomic E-state index is 12.1. The Morgan fingerprint density at radius 2 is 2.29 bits per heavy atom. The van der Waals surface area contributed by atoms with Crippen molar-refractivity contribution in [2.75, 3.05) is 5.75 Å². The minimum atomic E-state index is -0.0729. The summed E-state index contributed by atoms with van der Waals surface area (Å²) in [6.45, 7) is 4.78. The summed E-state index contributed by atoms with van der Waals surface area (Å²) in [5.41, 5.74) is 0. The monoisotopic (exact) mass is 311 g/mol. The zero-order chi connectivity index (χ0) is 15.1. The summed E-state index contributed by atoms with van der Waals surface area (Å²) in [7, 11) is 0. The Morgan fingerprint density at radius 1 is 1.48 bits per heavy atom. The van der Waals surface area contributed by atoms with Crippen LogP contribution in [0, 0.1) is 0 Å². The molecule has 1 aromatic rings. The minimum absolute atomic E-state index is 0.0209. The summed E-state index contributed by atoms with van der Waals surface area (Å²) >= 11 is 1.96. The highest BCUT2D eigenvalue weighted by atomic mass is 32.2. The van der Waals surface area contributed by atoms with Gasteiger partial charge in [-0.1, -0.05) is 19.8 Å². The van der Waals surface area contributed by atoms with Gasteiger partial charge in [0.05, 0.1) is 6.54 Å². The molecule has 2 amide bonds. The molecule has 1 fully saturated rings. The molecule has 1 aliphatic carbocycles. The van der Waals surface area contributed by atoms with Crippen LogP contribution in [0.25, 0.3) is 0 Å². The number of carbonyl (C=O) groups excluding carboxylic acids is 1. The molecule has 21 heavy (non-hydrogen) atoms. The lowest BCUT2D eigenvalue weighted by Gasteiger charge is -2.32. The highest BCUT2D eigenvalue weighted by Gasteiger charge is 2.26. The van der Waals surface area contributed by atoms with Gasteiger partial charge in [0.1, 0.15) is 12.7 Å². The Bertz CT molecular complexity index is 423. The summed E-state index contributed by atoms with van der Waals surface area (Å²) in [6, 6.07) is 0.242. The van der Waals surface area contributed by atoms with Crippen LogP contribution in [0.15, 0.2) is 12.7 Å². The van der Waals surface area contributed by atoms with E-state index in [9.17, 15) is 4.79 Å². The third kappa shape index (κ3) is 5.22. The molecule has 0 bridgehead atoms. The number of hydrogen-bond donors (Lipinski definition) is 2. The van der Waals surface area contributed by atoms with Crippen molar-refractivity contribution in [1.82, 2.24) is 25.4 Å². The topological polar surface area (TPSA) is 71.8 Å². The van der Waals surface area contributed by atoms with Crippen LogP contribution in [0.2, 0.25) is 0 Å². The van der Waals surface area contributed by atoms with Gasteiger partial charge in [0.25, 0.3) is 0 Å². The fourth-order valence-corrected chi connectivity index (χ4v) is 3.96. The zero-order valence-electron chi connectivity index (χ0n) is 12.8. The van der Waals surface area contributed by atoms with E-state index in [0.29, 0.717) is 17.8 Å². The molecule has 1 aliphatic rings. The first kappa shape index (κ1) is 16.1. The predicted molar refractivity (Wildman–Crippen MR) is 85.3 cm³/mol. The molecule has 1 heterocycles. The molecule has 118 valence electrons. The lowest BCUT2D eigenvalue weighted by atomic mass is 9.95. The van der Waals surface area contributed by atoms with Gasteiger partial charge in [0.15, 0.2) is 0 Å². The number of amides is 2. The van der Waals surface area contributed by atoms with Crippen LogP contribution in [-0.4, -0.2) is 43.9 Å². The van der Waals surface area contributed by atoms with Crippen LogP contribution >= 0.6 is 11.8 Å². The second-order valence-electron chi connectivity index (χ2n) is 5.52. The molecule has 6 nitrogen and oxygen atoms in total. The van der Waals surface area contributed by atoms with Crippen molar-refractivity contribution < 1.29 is 4.79 Å². The summed E-state index contributed by atoms with van der Waals surface area (Å²) in [5.74, 6) is 1.10. The van der Waals surface area contributed by atoms with Crippen molar-refractivity contribution in [2.45, 2.75) is 63.4 Å². The van der Waals surface area contributed by atoms with Crippen LogP contribution in [0.1, 0.15) is 39.5 Å². The Morgan fingerprint density at radius 3 is 3.00 bits per heavy atom. The first-order valence-corrected chi connectivity index (χ1v) is 8.75. The average Bonchev–Trinajstić information content (AvgIpc) is 2.93. The second kappa shape index (κ2) is 8.26. The van der Waals surface area contributed by atoms with E-state index in [1.165, 1.54) is 25.6 Å². The zero-order valence-corrected chi connectivity index (χ0v) is 13.6. The normalized spacial score (nSPS) is 23.5. The first-order valence-electron chi connectivity index (χ1n) is 7.70. The Balaban J connectivity index is 1.77. The van der Waals surface area contributed by atoms with Gasteiger partial charge in [-0.2, -0.15) is 16.9 Å². The smallest absolute Gasteiger partial charge is 0.315 e. The van der Waals surface area contributed by atoms with Gasteiger partial charge < -0.3 is 10.6 Å². The maximum Gasteiger partial charge on any atom is 0.315 e. The van der Waals surface area contributed by atoms with Crippen LogP contribution in [-0.2, 0) is 6.54 Å². The fraction of sp³-hybridized carbons (Fsp3) is 0.786. The Kier molecular flexibility index (Phi) is 6.35. The summed E-state index contributed by atoms with van der Waals surface area (Å²) in [6.07, 6.45) is 7.94. The number of hydrogen-bond acceptors (Lipinski definition) is 4. The van der Waals surface area contributed by atoms with Gasteiger partial charge >= 0.3 is 6.03 Å². The van der Waals surface area contributed by atoms with Gasteiger partial charge in [0.2, 0.25) is 0 Å². The molecule has 3 atom stereocenters. The molecule has 0 saturated heterocycles. The molecule has 0 spiro atoms. The van der Waals surface area contributed by atoms with Crippen LogP contribution in [0.4, 0.5) is 4.79 Å². The third-order valence-corrected chi connectivity index (χ3v) is 5.03. The van der Waals surface area contributed by atoms with Crippen LogP contribution in [0.5, 0.6) is 0 Å². The molecule has 2 N–H and O–H groups in total. The summed E-state index contributed by atoms with van der Waals surface area (Å²) in [4.78, 5) is 16.0. The van der Waals surface area contributed by atoms with E-state index in [-0.39, 0.29) is 12.1 Å². The van der Waals surface area contributed by atoms with Crippen molar-refractivity contribution in [3.05, 3.63) is 12.7 Å². The molecule has 1 aromatic heterocycles. The molecule has 0 aliphatic heterocycles.